The maximum Gasteiger partial charge on any atom is 0.323 e. The molecule has 1 saturated heterocycles. The first-order chi connectivity index (χ1) is 28.0. The number of nitrogens with zero attached hydrogens (tertiary/aromatic N) is 3. The van der Waals surface area contributed by atoms with Gasteiger partial charge in [0, 0.05) is 54.0 Å². The second kappa shape index (κ2) is 18.4. The molecule has 3 saturated carbocycles. The van der Waals surface area contributed by atoms with Crippen LogP contribution in [0.3, 0.4) is 0 Å². The number of amides is 2. The highest BCUT2D eigenvalue weighted by Gasteiger charge is 2.57. The fourth-order valence-electron chi connectivity index (χ4n) is 10.0. The Morgan fingerprint density at radius 2 is 1.76 bits per heavy atom. The molecule has 0 spiro atoms. The lowest BCUT2D eigenvalue weighted by molar-refractivity contribution is -0.183. The molecule has 1 aliphatic heterocycles. The van der Waals surface area contributed by atoms with Crippen molar-refractivity contribution in [1.82, 2.24) is 20.6 Å². The number of carbonyl (C=O) groups is 3. The number of methoxy groups -OCH3 is 1. The summed E-state index contributed by atoms with van der Waals surface area (Å²) in [5, 5.41) is 39.2. The molecular formula is C46H63N5O8. The summed E-state index contributed by atoms with van der Waals surface area (Å²) >= 11 is 0. The summed E-state index contributed by atoms with van der Waals surface area (Å²) in [6.07, 6.45) is 0.936. The number of fused-ring (bicyclic) bond motifs is 2. The SMILES string of the molecule is COc1c(CN2O[C@@H](CO)[C@@H]([C@H](C)O)[C@H]2C(=O)N[C@H]2C[C@H]3C[C@@H]([C@@H]2C)C3(C)C)cccc1-c1cc(C(=O)N[C@@H](Cc2ccccc2)CN(C)C)cc(N(C)CC(=O)O)c1. The Labute approximate surface area is 348 Å². The number of carboxylic acids is 1. The minimum atomic E-state index is -1.02. The largest absolute Gasteiger partial charge is 0.496 e. The molecule has 0 unspecified atom stereocenters. The molecule has 0 radical (unpaired) electrons. The third-order valence-electron chi connectivity index (χ3n) is 13.2. The molecule has 4 aliphatic rings. The van der Waals surface area contributed by atoms with Crippen LogP contribution in [0.5, 0.6) is 5.75 Å². The molecule has 0 aromatic heterocycles. The van der Waals surface area contributed by atoms with Gasteiger partial charge in [-0.2, -0.15) is 5.06 Å². The normalized spacial score (nSPS) is 25.8. The van der Waals surface area contributed by atoms with Gasteiger partial charge in [-0.3, -0.25) is 19.2 Å². The molecule has 2 amide bonds. The Morgan fingerprint density at radius 1 is 1.03 bits per heavy atom. The Balaban J connectivity index is 1.32. The fraction of sp³-hybridized carbons (Fsp3) is 0.543. The number of ether oxygens (including phenoxy) is 1. The van der Waals surface area contributed by atoms with E-state index in [0.29, 0.717) is 64.4 Å². The van der Waals surface area contributed by atoms with E-state index >= 15 is 0 Å². The Morgan fingerprint density at radius 3 is 2.37 bits per heavy atom. The van der Waals surface area contributed by atoms with E-state index in [1.807, 2.05) is 73.6 Å². The van der Waals surface area contributed by atoms with Crippen LogP contribution in [0.25, 0.3) is 11.1 Å². The zero-order chi connectivity index (χ0) is 42.8. The number of aliphatic hydroxyl groups excluding tert-OH is 2. The number of hydrogen-bond acceptors (Lipinski definition) is 10. The average Bonchev–Trinajstić information content (AvgIpc) is 3.56. The van der Waals surface area contributed by atoms with Gasteiger partial charge in [0.15, 0.2) is 0 Å². The number of aliphatic hydroxyl groups is 2. The summed E-state index contributed by atoms with van der Waals surface area (Å²) in [6, 6.07) is 19.7. The van der Waals surface area contributed by atoms with Crippen molar-refractivity contribution in [2.45, 2.75) is 83.8 Å². The second-order valence-electron chi connectivity index (χ2n) is 17.9. The molecule has 59 heavy (non-hydrogen) atoms. The summed E-state index contributed by atoms with van der Waals surface area (Å²) in [7, 11) is 7.13. The average molecular weight is 814 g/mol. The van der Waals surface area contributed by atoms with E-state index < -0.39 is 30.1 Å². The van der Waals surface area contributed by atoms with Crippen molar-refractivity contribution in [3.63, 3.8) is 0 Å². The van der Waals surface area contributed by atoms with Crippen molar-refractivity contribution in [1.29, 1.82) is 0 Å². The van der Waals surface area contributed by atoms with Gasteiger partial charge in [-0.1, -0.05) is 69.3 Å². The summed E-state index contributed by atoms with van der Waals surface area (Å²) in [5.41, 5.74) is 4.15. The number of carbonyl (C=O) groups excluding carboxylic acids is 2. The molecule has 3 aromatic carbocycles. The number of carboxylic acid groups (broad SMARTS) is 1. The van der Waals surface area contributed by atoms with Gasteiger partial charge in [0.2, 0.25) is 5.91 Å². The molecule has 13 nitrogen and oxygen atoms in total. The lowest BCUT2D eigenvalue weighted by atomic mass is 9.45. The quantitative estimate of drug-likeness (QED) is 0.131. The van der Waals surface area contributed by atoms with E-state index in [2.05, 4.69) is 31.4 Å². The van der Waals surface area contributed by atoms with Gasteiger partial charge in [0.25, 0.3) is 5.91 Å². The third kappa shape index (κ3) is 9.60. The number of hydrogen-bond donors (Lipinski definition) is 5. The number of benzene rings is 3. The maximum absolute atomic E-state index is 14.3. The predicted molar refractivity (Wildman–Crippen MR) is 227 cm³/mol. The van der Waals surface area contributed by atoms with Crippen molar-refractivity contribution in [2.24, 2.45) is 29.1 Å². The molecule has 2 bridgehead atoms. The van der Waals surface area contributed by atoms with E-state index in [4.69, 9.17) is 9.57 Å². The molecular weight excluding hydrogens is 751 g/mol. The monoisotopic (exact) mass is 813 g/mol. The minimum Gasteiger partial charge on any atom is -0.496 e. The molecule has 5 N–H and O–H groups in total. The molecule has 3 aromatic rings. The number of rotatable bonds is 17. The number of hydroxylamine groups is 2. The fourth-order valence-corrected chi connectivity index (χ4v) is 10.0. The zero-order valence-electron chi connectivity index (χ0n) is 35.7. The Hall–Kier alpha value is -4.53. The van der Waals surface area contributed by atoms with Gasteiger partial charge < -0.3 is 40.5 Å². The van der Waals surface area contributed by atoms with Crippen LogP contribution in [0.4, 0.5) is 5.69 Å². The molecule has 4 fully saturated rings. The predicted octanol–water partition coefficient (Wildman–Crippen LogP) is 4.45. The summed E-state index contributed by atoms with van der Waals surface area (Å²) < 4.78 is 6.08. The van der Waals surface area contributed by atoms with E-state index in [0.717, 1.165) is 12.0 Å². The first-order valence-electron chi connectivity index (χ1n) is 20.8. The summed E-state index contributed by atoms with van der Waals surface area (Å²) in [4.78, 5) is 50.2. The van der Waals surface area contributed by atoms with Gasteiger partial charge in [0.1, 0.15) is 24.4 Å². The first-order valence-corrected chi connectivity index (χ1v) is 20.8. The highest BCUT2D eigenvalue weighted by Crippen LogP contribution is 2.61. The summed E-state index contributed by atoms with van der Waals surface area (Å²) in [5.74, 6) is -0.434. The number of likely N-dealkylation sites (N-methyl/N-ethyl adjacent to an activating group) is 2. The van der Waals surface area contributed by atoms with Crippen molar-refractivity contribution in [3.05, 3.63) is 83.4 Å². The Bertz CT molecular complexity index is 1960. The highest BCUT2D eigenvalue weighted by atomic mass is 16.7. The number of nitrogens with one attached hydrogen (secondary N) is 2. The topological polar surface area (TPSA) is 164 Å². The van der Waals surface area contributed by atoms with Crippen molar-refractivity contribution in [2.75, 3.05) is 52.8 Å². The van der Waals surface area contributed by atoms with Crippen molar-refractivity contribution in [3.8, 4) is 16.9 Å². The van der Waals surface area contributed by atoms with Crippen LogP contribution in [0.2, 0.25) is 0 Å². The van der Waals surface area contributed by atoms with Crippen LogP contribution in [-0.4, -0.2) is 121 Å². The number of anilines is 1. The maximum atomic E-state index is 14.3. The van der Waals surface area contributed by atoms with Crippen molar-refractivity contribution < 1.29 is 39.3 Å². The molecule has 1 heterocycles. The molecule has 3 aliphatic carbocycles. The molecule has 7 rings (SSSR count). The van der Waals surface area contributed by atoms with Gasteiger partial charge in [-0.05, 0) is 92.8 Å². The lowest BCUT2D eigenvalue weighted by Gasteiger charge is -2.62. The Kier molecular flexibility index (Phi) is 13.7. The van der Waals surface area contributed by atoms with Crippen molar-refractivity contribution >= 4 is 23.5 Å². The van der Waals surface area contributed by atoms with E-state index in [1.165, 1.54) is 6.42 Å². The lowest BCUT2D eigenvalue weighted by Crippen LogP contribution is -2.62. The smallest absolute Gasteiger partial charge is 0.323 e. The van der Waals surface area contributed by atoms with Gasteiger partial charge >= 0.3 is 5.97 Å². The van der Waals surface area contributed by atoms with Gasteiger partial charge in [0.05, 0.1) is 26.4 Å². The zero-order valence-corrected chi connectivity index (χ0v) is 35.7. The number of aliphatic carboxylic acids is 1. The van der Waals surface area contributed by atoms with Crippen LogP contribution >= 0.6 is 0 Å². The number of para-hydroxylation sites is 1. The third-order valence-corrected chi connectivity index (χ3v) is 13.2. The first kappa shape index (κ1) is 44.0. The molecule has 320 valence electrons. The van der Waals surface area contributed by atoms with Crippen LogP contribution < -0.4 is 20.3 Å². The van der Waals surface area contributed by atoms with Crippen LogP contribution in [0.1, 0.15) is 62.0 Å². The standard InChI is InChI=1S/C46H63N5O8/c1-27-37-21-33(46(37,3)4)22-38(27)48-45(57)42-41(28(2)53)39(26-52)59-51(42)23-30-15-12-16-36(43(30)58-8)31-18-32(20-35(19-31)50(7)25-40(54)55)44(56)47-34(24-49(5)6)17-29-13-10-9-11-14-29/h9-16,18-20,27-28,33-34,37-39,41-42,52-53H,17,21-26H2,1-8H3,(H,47,56)(H,48,57)(H,54,55)/t27-,28-,33+,34-,37-,38-,39-,41+,42-/m0/s1. The molecule has 13 heteroatoms. The van der Waals surface area contributed by atoms with Gasteiger partial charge in [-0.15, -0.1) is 0 Å². The molecule has 9 atom stereocenters. The van der Waals surface area contributed by atoms with Crippen LogP contribution in [-0.2, 0) is 27.4 Å². The van der Waals surface area contributed by atoms with Crippen LogP contribution in [0.15, 0.2) is 66.7 Å². The van der Waals surface area contributed by atoms with E-state index in [1.54, 1.807) is 43.2 Å². The minimum absolute atomic E-state index is 0.00348. The summed E-state index contributed by atoms with van der Waals surface area (Å²) in [6.45, 7) is 8.49. The second-order valence-corrected chi connectivity index (χ2v) is 17.9. The van der Waals surface area contributed by atoms with Crippen LogP contribution in [0, 0.1) is 29.1 Å². The van der Waals surface area contributed by atoms with E-state index in [9.17, 15) is 29.7 Å². The highest BCUT2D eigenvalue weighted by molar-refractivity contribution is 5.97. The van der Waals surface area contributed by atoms with E-state index in [-0.39, 0.29) is 49.0 Å². The van der Waals surface area contributed by atoms with Gasteiger partial charge in [-0.25, -0.2) is 0 Å².